The van der Waals surface area contributed by atoms with Crippen LogP contribution in [0, 0.1) is 0 Å². The van der Waals surface area contributed by atoms with Crippen LogP contribution in [0.4, 0.5) is 0 Å². The van der Waals surface area contributed by atoms with Gasteiger partial charge in [0.05, 0.1) is 23.8 Å². The number of hydrogen-bond acceptors (Lipinski definition) is 4. The summed E-state index contributed by atoms with van der Waals surface area (Å²) in [5.41, 5.74) is 1.34. The van der Waals surface area contributed by atoms with Gasteiger partial charge in [0, 0.05) is 31.2 Å². The van der Waals surface area contributed by atoms with Crippen LogP contribution in [0.2, 0.25) is 0 Å². The van der Waals surface area contributed by atoms with Crippen LogP contribution in [-0.4, -0.2) is 43.2 Å². The summed E-state index contributed by atoms with van der Waals surface area (Å²) in [5, 5.41) is 7.12. The number of morpholine rings is 1. The number of amides is 1. The maximum atomic E-state index is 12.3. The first-order valence-electron chi connectivity index (χ1n) is 6.79. The second-order valence-electron chi connectivity index (χ2n) is 4.79. The number of rotatable bonds is 3. The van der Waals surface area contributed by atoms with Crippen LogP contribution >= 0.6 is 12.4 Å². The van der Waals surface area contributed by atoms with Gasteiger partial charge in [-0.3, -0.25) is 9.78 Å². The van der Waals surface area contributed by atoms with E-state index in [2.05, 4.69) is 15.6 Å². The summed E-state index contributed by atoms with van der Waals surface area (Å²) in [5.74, 6) is -0.108. The molecule has 21 heavy (non-hydrogen) atoms. The molecule has 1 saturated heterocycles. The molecule has 1 amide bonds. The number of ether oxygens (including phenoxy) is 1. The summed E-state index contributed by atoms with van der Waals surface area (Å²) >= 11 is 0. The number of nitrogens with zero attached hydrogens (tertiary/aromatic N) is 1. The second-order valence-corrected chi connectivity index (χ2v) is 4.79. The quantitative estimate of drug-likeness (QED) is 0.899. The molecule has 5 nitrogen and oxygen atoms in total. The molecule has 0 spiro atoms. The number of carbonyl (C=O) groups is 1. The Hall–Kier alpha value is -1.69. The molecule has 0 bridgehead atoms. The van der Waals surface area contributed by atoms with Crippen molar-refractivity contribution in [1.29, 1.82) is 0 Å². The molecule has 112 valence electrons. The average molecular weight is 308 g/mol. The lowest BCUT2D eigenvalue weighted by Crippen LogP contribution is -2.45. The van der Waals surface area contributed by atoms with Gasteiger partial charge in [-0.05, 0) is 12.1 Å². The van der Waals surface area contributed by atoms with Crippen molar-refractivity contribution in [3.63, 3.8) is 0 Å². The lowest BCUT2D eigenvalue weighted by atomic mass is 10.1. The summed E-state index contributed by atoms with van der Waals surface area (Å²) in [6, 6.07) is 9.44. The van der Waals surface area contributed by atoms with Crippen molar-refractivity contribution < 1.29 is 9.53 Å². The summed E-state index contributed by atoms with van der Waals surface area (Å²) < 4.78 is 5.56. The summed E-state index contributed by atoms with van der Waals surface area (Å²) in [4.78, 5) is 16.6. The minimum Gasteiger partial charge on any atom is -0.374 e. The molecule has 1 aromatic carbocycles. The minimum absolute atomic E-state index is 0. The Morgan fingerprint density at radius 3 is 3.05 bits per heavy atom. The number of para-hydroxylation sites is 1. The maximum Gasteiger partial charge on any atom is 0.253 e. The highest BCUT2D eigenvalue weighted by Gasteiger charge is 2.16. The average Bonchev–Trinajstić information content (AvgIpc) is 2.53. The van der Waals surface area contributed by atoms with E-state index in [1.54, 1.807) is 12.3 Å². The zero-order chi connectivity index (χ0) is 13.8. The summed E-state index contributed by atoms with van der Waals surface area (Å²) in [7, 11) is 0. The minimum atomic E-state index is -0.108. The number of fused-ring (bicyclic) bond motifs is 1. The fourth-order valence-corrected chi connectivity index (χ4v) is 2.34. The van der Waals surface area contributed by atoms with Crippen LogP contribution in [0.25, 0.3) is 10.9 Å². The molecule has 1 atom stereocenters. The number of carbonyl (C=O) groups excluding carboxylic acids is 1. The number of pyridine rings is 1. The zero-order valence-corrected chi connectivity index (χ0v) is 12.4. The third-order valence-electron chi connectivity index (χ3n) is 3.37. The summed E-state index contributed by atoms with van der Waals surface area (Å²) in [6.07, 6.45) is 1.74. The molecule has 1 unspecified atom stereocenters. The van der Waals surface area contributed by atoms with Crippen molar-refractivity contribution >= 4 is 29.2 Å². The first kappa shape index (κ1) is 15.7. The zero-order valence-electron chi connectivity index (χ0n) is 11.5. The van der Waals surface area contributed by atoms with Gasteiger partial charge in [0.2, 0.25) is 0 Å². The molecule has 0 aliphatic carbocycles. The van der Waals surface area contributed by atoms with E-state index < -0.39 is 0 Å². The largest absolute Gasteiger partial charge is 0.374 e. The van der Waals surface area contributed by atoms with E-state index in [0.717, 1.165) is 24.0 Å². The highest BCUT2D eigenvalue weighted by atomic mass is 35.5. The van der Waals surface area contributed by atoms with E-state index in [1.807, 2.05) is 24.3 Å². The highest BCUT2D eigenvalue weighted by molar-refractivity contribution is 6.05. The van der Waals surface area contributed by atoms with Crippen molar-refractivity contribution in [1.82, 2.24) is 15.6 Å². The van der Waals surface area contributed by atoms with Crippen molar-refractivity contribution in [2.24, 2.45) is 0 Å². The third-order valence-corrected chi connectivity index (χ3v) is 3.37. The fraction of sp³-hybridized carbons (Fsp3) is 0.333. The van der Waals surface area contributed by atoms with Crippen LogP contribution in [-0.2, 0) is 4.74 Å². The molecule has 2 heterocycles. The van der Waals surface area contributed by atoms with Gasteiger partial charge in [0.1, 0.15) is 0 Å². The van der Waals surface area contributed by atoms with E-state index in [0.29, 0.717) is 18.7 Å². The standard InChI is InChI=1S/C15H17N3O2.ClH/c19-15(18-10-12-9-16-7-8-20-12)13-5-1-3-11-4-2-6-17-14(11)13;/h1-6,12,16H,7-10H2,(H,18,19);1H. The Kier molecular flexibility index (Phi) is 5.50. The first-order valence-corrected chi connectivity index (χ1v) is 6.79. The van der Waals surface area contributed by atoms with Crippen LogP contribution in [0.5, 0.6) is 0 Å². The van der Waals surface area contributed by atoms with Crippen molar-refractivity contribution in [2.45, 2.75) is 6.10 Å². The van der Waals surface area contributed by atoms with Gasteiger partial charge in [-0.15, -0.1) is 12.4 Å². The Balaban J connectivity index is 0.00000161. The van der Waals surface area contributed by atoms with Gasteiger partial charge < -0.3 is 15.4 Å². The molecule has 6 heteroatoms. The number of hydrogen-bond donors (Lipinski definition) is 2. The molecule has 1 aliphatic rings. The number of halogens is 1. The number of nitrogens with one attached hydrogen (secondary N) is 2. The van der Waals surface area contributed by atoms with E-state index in [-0.39, 0.29) is 24.4 Å². The summed E-state index contributed by atoms with van der Waals surface area (Å²) in [6.45, 7) is 2.84. The lowest BCUT2D eigenvalue weighted by molar-refractivity contribution is 0.0287. The van der Waals surface area contributed by atoms with Crippen LogP contribution in [0.1, 0.15) is 10.4 Å². The van der Waals surface area contributed by atoms with Crippen molar-refractivity contribution in [3.05, 3.63) is 42.1 Å². The Morgan fingerprint density at radius 2 is 2.24 bits per heavy atom. The molecular weight excluding hydrogens is 290 g/mol. The molecule has 0 saturated carbocycles. The van der Waals surface area contributed by atoms with Crippen LogP contribution in [0.3, 0.4) is 0 Å². The number of aromatic nitrogens is 1. The second kappa shape index (κ2) is 7.36. The normalized spacial score (nSPS) is 18.0. The van der Waals surface area contributed by atoms with E-state index >= 15 is 0 Å². The lowest BCUT2D eigenvalue weighted by Gasteiger charge is -2.23. The molecule has 2 N–H and O–H groups in total. The Morgan fingerprint density at radius 1 is 1.38 bits per heavy atom. The molecular formula is C15H18ClN3O2. The van der Waals surface area contributed by atoms with E-state index in [9.17, 15) is 4.79 Å². The predicted octanol–water partition coefficient (Wildman–Crippen LogP) is 1.37. The first-order chi connectivity index (χ1) is 9.84. The SMILES string of the molecule is Cl.O=C(NCC1CNCCO1)c1cccc2cccnc12. The fourth-order valence-electron chi connectivity index (χ4n) is 2.34. The van der Waals surface area contributed by atoms with E-state index in [1.165, 1.54) is 0 Å². The molecule has 3 rings (SSSR count). The number of benzene rings is 1. The van der Waals surface area contributed by atoms with Crippen LogP contribution < -0.4 is 10.6 Å². The molecule has 1 fully saturated rings. The van der Waals surface area contributed by atoms with Crippen molar-refractivity contribution in [2.75, 3.05) is 26.2 Å². The predicted molar refractivity (Wildman–Crippen MR) is 83.9 cm³/mol. The highest BCUT2D eigenvalue weighted by Crippen LogP contribution is 2.15. The third kappa shape index (κ3) is 3.69. The maximum absolute atomic E-state index is 12.3. The van der Waals surface area contributed by atoms with Gasteiger partial charge in [-0.2, -0.15) is 0 Å². The smallest absolute Gasteiger partial charge is 0.253 e. The topological polar surface area (TPSA) is 63.2 Å². The van der Waals surface area contributed by atoms with Crippen molar-refractivity contribution in [3.8, 4) is 0 Å². The monoisotopic (exact) mass is 307 g/mol. The Bertz CT molecular complexity index is 609. The van der Waals surface area contributed by atoms with Gasteiger partial charge in [-0.25, -0.2) is 0 Å². The van der Waals surface area contributed by atoms with Gasteiger partial charge in [-0.1, -0.05) is 18.2 Å². The molecule has 2 aromatic rings. The Labute approximate surface area is 129 Å². The van der Waals surface area contributed by atoms with E-state index in [4.69, 9.17) is 4.74 Å². The molecule has 1 aromatic heterocycles. The van der Waals surface area contributed by atoms with Gasteiger partial charge >= 0.3 is 0 Å². The molecule has 0 radical (unpaired) electrons. The molecule has 1 aliphatic heterocycles. The van der Waals surface area contributed by atoms with Gasteiger partial charge in [0.25, 0.3) is 5.91 Å². The van der Waals surface area contributed by atoms with Gasteiger partial charge in [0.15, 0.2) is 0 Å². The van der Waals surface area contributed by atoms with Crippen LogP contribution in [0.15, 0.2) is 36.5 Å².